The molecule has 6 nitrogen and oxygen atoms in total. The Morgan fingerprint density at radius 2 is 1.71 bits per heavy atom. The van der Waals surface area contributed by atoms with Crippen LogP contribution in [0.3, 0.4) is 0 Å². The summed E-state index contributed by atoms with van der Waals surface area (Å²) in [4.78, 5) is 30.0. The first-order valence-corrected chi connectivity index (χ1v) is 10.4. The third-order valence-corrected chi connectivity index (χ3v) is 5.80. The molecule has 0 aliphatic heterocycles. The molecule has 0 fully saturated rings. The van der Waals surface area contributed by atoms with Gasteiger partial charge in [0.15, 0.2) is 11.4 Å². The Bertz CT molecular complexity index is 1340. The van der Waals surface area contributed by atoms with Crippen molar-refractivity contribution in [2.45, 2.75) is 13.0 Å². The van der Waals surface area contributed by atoms with E-state index in [1.807, 2.05) is 67.6 Å². The lowest BCUT2D eigenvalue weighted by molar-refractivity contribution is 0.0590. The SMILES string of the molecule is COC(=O)c1nc(Br)c2c(cc(-c3ccccc3)c(=O)n2[C@H](C)c2ccccc2)c1O. The van der Waals surface area contributed by atoms with Gasteiger partial charge in [0.2, 0.25) is 0 Å². The first-order valence-electron chi connectivity index (χ1n) is 9.60. The van der Waals surface area contributed by atoms with E-state index in [9.17, 15) is 14.7 Å². The standard InChI is InChI=1S/C24H19BrN2O4/c1-14(15-9-5-3-6-10-15)27-20-18(21(28)19(24(30)31-2)26-22(20)25)13-17(23(27)29)16-11-7-4-8-12-16/h3-14,28H,1-2H3/t14-/m1/s1. The Hall–Kier alpha value is -3.45. The van der Waals surface area contributed by atoms with E-state index < -0.39 is 5.97 Å². The maximum atomic E-state index is 13.7. The van der Waals surface area contributed by atoms with Crippen molar-refractivity contribution in [2.75, 3.05) is 7.11 Å². The molecule has 4 aromatic rings. The molecular formula is C24H19BrN2O4. The Balaban J connectivity index is 2.14. The van der Waals surface area contributed by atoms with Gasteiger partial charge in [0, 0.05) is 10.9 Å². The van der Waals surface area contributed by atoms with Crippen LogP contribution in [0.5, 0.6) is 5.75 Å². The molecule has 0 aliphatic carbocycles. The Morgan fingerprint density at radius 1 is 1.10 bits per heavy atom. The van der Waals surface area contributed by atoms with Crippen molar-refractivity contribution in [1.82, 2.24) is 9.55 Å². The number of carbonyl (C=O) groups is 1. The van der Waals surface area contributed by atoms with Gasteiger partial charge in [0.05, 0.1) is 18.7 Å². The monoisotopic (exact) mass is 478 g/mol. The predicted molar refractivity (Wildman–Crippen MR) is 122 cm³/mol. The van der Waals surface area contributed by atoms with Gasteiger partial charge in [-0.05, 0) is 40.0 Å². The van der Waals surface area contributed by atoms with E-state index in [-0.39, 0.29) is 27.6 Å². The number of halogens is 1. The van der Waals surface area contributed by atoms with Crippen molar-refractivity contribution >= 4 is 32.8 Å². The molecule has 0 radical (unpaired) electrons. The summed E-state index contributed by atoms with van der Waals surface area (Å²) in [7, 11) is 1.22. The zero-order valence-corrected chi connectivity index (χ0v) is 18.5. The van der Waals surface area contributed by atoms with Gasteiger partial charge in [-0.15, -0.1) is 0 Å². The molecule has 0 bridgehead atoms. The molecular weight excluding hydrogens is 460 g/mol. The first kappa shape index (κ1) is 20.8. The summed E-state index contributed by atoms with van der Waals surface area (Å²) in [6, 6.07) is 20.0. The molecule has 4 rings (SSSR count). The van der Waals surface area contributed by atoms with Crippen molar-refractivity contribution in [1.29, 1.82) is 0 Å². The molecule has 0 spiro atoms. The molecule has 1 N–H and O–H groups in total. The zero-order chi connectivity index (χ0) is 22.1. The number of methoxy groups -OCH3 is 1. The Labute approximate surface area is 186 Å². The van der Waals surface area contributed by atoms with Gasteiger partial charge < -0.3 is 9.84 Å². The van der Waals surface area contributed by atoms with E-state index in [1.165, 1.54) is 7.11 Å². The normalized spacial score (nSPS) is 12.0. The van der Waals surface area contributed by atoms with E-state index >= 15 is 0 Å². The summed E-state index contributed by atoms with van der Waals surface area (Å²) in [6.45, 7) is 1.91. The third-order valence-electron chi connectivity index (χ3n) is 5.25. The van der Waals surface area contributed by atoms with Crippen LogP contribution in [0.2, 0.25) is 0 Å². The number of aromatic nitrogens is 2. The number of hydrogen-bond acceptors (Lipinski definition) is 5. The molecule has 0 unspecified atom stereocenters. The Kier molecular flexibility index (Phi) is 5.61. The maximum absolute atomic E-state index is 13.7. The maximum Gasteiger partial charge on any atom is 0.360 e. The van der Waals surface area contributed by atoms with Gasteiger partial charge in [-0.2, -0.15) is 0 Å². The first-order chi connectivity index (χ1) is 14.9. The summed E-state index contributed by atoms with van der Waals surface area (Å²) in [5, 5.41) is 11.2. The largest absolute Gasteiger partial charge is 0.505 e. The summed E-state index contributed by atoms with van der Waals surface area (Å²) in [6.07, 6.45) is 0. The molecule has 2 aromatic carbocycles. The van der Waals surface area contributed by atoms with E-state index in [0.29, 0.717) is 22.0 Å². The second kappa shape index (κ2) is 8.35. The quantitative estimate of drug-likeness (QED) is 0.332. The van der Waals surface area contributed by atoms with Crippen LogP contribution in [-0.2, 0) is 4.74 Å². The molecule has 2 aromatic heterocycles. The second-order valence-corrected chi connectivity index (χ2v) is 7.79. The minimum atomic E-state index is -0.768. The predicted octanol–water partition coefficient (Wildman–Crippen LogP) is 4.93. The van der Waals surface area contributed by atoms with Crippen LogP contribution in [0, 0.1) is 0 Å². The molecule has 31 heavy (non-hydrogen) atoms. The van der Waals surface area contributed by atoms with Gasteiger partial charge in [-0.3, -0.25) is 9.36 Å². The number of benzene rings is 2. The highest BCUT2D eigenvalue weighted by molar-refractivity contribution is 9.10. The van der Waals surface area contributed by atoms with Crippen molar-refractivity contribution in [3.05, 3.63) is 92.9 Å². The van der Waals surface area contributed by atoms with Gasteiger partial charge in [-0.1, -0.05) is 60.7 Å². The van der Waals surface area contributed by atoms with Crippen LogP contribution >= 0.6 is 15.9 Å². The number of hydrogen-bond donors (Lipinski definition) is 1. The molecule has 2 heterocycles. The molecule has 7 heteroatoms. The highest BCUT2D eigenvalue weighted by Crippen LogP contribution is 2.36. The third kappa shape index (κ3) is 3.61. The van der Waals surface area contributed by atoms with Gasteiger partial charge in [-0.25, -0.2) is 9.78 Å². The number of esters is 1. The number of nitrogens with zero attached hydrogens (tertiary/aromatic N) is 2. The van der Waals surface area contributed by atoms with Crippen LogP contribution in [0.4, 0.5) is 0 Å². The highest BCUT2D eigenvalue weighted by Gasteiger charge is 2.25. The Morgan fingerprint density at radius 3 is 2.32 bits per heavy atom. The van der Waals surface area contributed by atoms with E-state index in [0.717, 1.165) is 5.56 Å². The van der Waals surface area contributed by atoms with Crippen LogP contribution < -0.4 is 5.56 Å². The molecule has 0 saturated carbocycles. The van der Waals surface area contributed by atoms with E-state index in [1.54, 1.807) is 10.6 Å². The van der Waals surface area contributed by atoms with Crippen molar-refractivity contribution in [3.63, 3.8) is 0 Å². The number of aromatic hydroxyl groups is 1. The van der Waals surface area contributed by atoms with E-state index in [2.05, 4.69) is 20.9 Å². The number of pyridine rings is 2. The fourth-order valence-electron chi connectivity index (χ4n) is 3.67. The molecule has 0 aliphatic rings. The van der Waals surface area contributed by atoms with Gasteiger partial charge in [0.25, 0.3) is 5.56 Å². The minimum absolute atomic E-state index is 0.224. The average molecular weight is 479 g/mol. The van der Waals surface area contributed by atoms with Gasteiger partial charge in [0.1, 0.15) is 4.60 Å². The van der Waals surface area contributed by atoms with Crippen LogP contribution in [0.25, 0.3) is 22.0 Å². The number of carbonyl (C=O) groups excluding carboxylic acids is 1. The number of rotatable bonds is 4. The summed E-state index contributed by atoms with van der Waals surface area (Å²) < 4.78 is 6.61. The molecule has 0 saturated heterocycles. The fraction of sp³-hybridized carbons (Fsp3) is 0.125. The average Bonchev–Trinajstić information content (AvgIpc) is 2.81. The van der Waals surface area contributed by atoms with E-state index in [4.69, 9.17) is 4.74 Å². The lowest BCUT2D eigenvalue weighted by Crippen LogP contribution is -2.26. The molecule has 1 atom stereocenters. The van der Waals surface area contributed by atoms with Crippen LogP contribution in [0.15, 0.2) is 76.1 Å². The summed E-state index contributed by atoms with van der Waals surface area (Å²) in [5.74, 6) is -1.11. The fourth-order valence-corrected chi connectivity index (χ4v) is 4.25. The zero-order valence-electron chi connectivity index (χ0n) is 16.9. The van der Waals surface area contributed by atoms with Crippen molar-refractivity contribution in [3.8, 4) is 16.9 Å². The summed E-state index contributed by atoms with van der Waals surface area (Å²) >= 11 is 3.40. The van der Waals surface area contributed by atoms with Crippen molar-refractivity contribution in [2.24, 2.45) is 0 Å². The highest BCUT2D eigenvalue weighted by atomic mass is 79.9. The second-order valence-electron chi connectivity index (χ2n) is 7.04. The lowest BCUT2D eigenvalue weighted by atomic mass is 10.0. The van der Waals surface area contributed by atoms with Crippen LogP contribution in [-0.4, -0.2) is 27.7 Å². The van der Waals surface area contributed by atoms with Gasteiger partial charge >= 0.3 is 5.97 Å². The topological polar surface area (TPSA) is 81.4 Å². The van der Waals surface area contributed by atoms with Crippen LogP contribution in [0.1, 0.15) is 29.0 Å². The smallest absolute Gasteiger partial charge is 0.360 e. The molecule has 0 amide bonds. The summed E-state index contributed by atoms with van der Waals surface area (Å²) in [5.41, 5.74) is 1.96. The molecule has 156 valence electrons. The number of fused-ring (bicyclic) bond motifs is 1. The van der Waals surface area contributed by atoms with Crippen molar-refractivity contribution < 1.29 is 14.6 Å². The lowest BCUT2D eigenvalue weighted by Gasteiger charge is -2.21. The minimum Gasteiger partial charge on any atom is -0.505 e. The number of ether oxygens (including phenoxy) is 1.